The number of hydrogen-bond acceptors (Lipinski definition) is 4. The summed E-state index contributed by atoms with van der Waals surface area (Å²) in [7, 11) is 0. The molecule has 4 rings (SSSR count). The lowest BCUT2D eigenvalue weighted by atomic mass is 9.77. The van der Waals surface area contributed by atoms with Gasteiger partial charge in [0, 0.05) is 48.1 Å². The highest BCUT2D eigenvalue weighted by Gasteiger charge is 2.41. The smallest absolute Gasteiger partial charge is 0.227 e. The number of carbonyl (C=O) groups is 2. The quantitative estimate of drug-likeness (QED) is 0.517. The number of hydrogen-bond donors (Lipinski definition) is 1. The molecule has 1 atom stereocenters. The van der Waals surface area contributed by atoms with Crippen LogP contribution in [0, 0.1) is 19.3 Å². The zero-order valence-electron chi connectivity index (χ0n) is 21.6. The van der Waals surface area contributed by atoms with Gasteiger partial charge < -0.3 is 19.6 Å². The molecule has 2 aliphatic heterocycles. The van der Waals surface area contributed by atoms with Crippen LogP contribution in [0.4, 0.5) is 0 Å². The van der Waals surface area contributed by atoms with Crippen LogP contribution < -0.4 is 4.74 Å². The topological polar surface area (TPSA) is 70.1 Å². The third-order valence-corrected chi connectivity index (χ3v) is 8.43. The summed E-state index contributed by atoms with van der Waals surface area (Å²) in [5.74, 6) is 0.820. The van der Waals surface area contributed by atoms with Gasteiger partial charge in [-0.2, -0.15) is 0 Å². The predicted molar refractivity (Wildman–Crippen MR) is 146 cm³/mol. The highest BCUT2D eigenvalue weighted by Crippen LogP contribution is 2.37. The first-order chi connectivity index (χ1) is 17.6. The van der Waals surface area contributed by atoms with Gasteiger partial charge in [-0.3, -0.25) is 9.59 Å². The number of piperidine rings is 2. The Morgan fingerprint density at radius 1 is 1.00 bits per heavy atom. The van der Waals surface area contributed by atoms with Crippen molar-refractivity contribution in [3.05, 3.63) is 63.1 Å². The molecule has 200 valence electrons. The van der Waals surface area contributed by atoms with Crippen LogP contribution in [0.15, 0.2) is 36.4 Å². The Kier molecular flexibility index (Phi) is 9.04. The van der Waals surface area contributed by atoms with Crippen LogP contribution in [0.25, 0.3) is 0 Å². The van der Waals surface area contributed by atoms with Gasteiger partial charge >= 0.3 is 0 Å². The first-order valence-corrected chi connectivity index (χ1v) is 13.8. The molecule has 0 aliphatic carbocycles. The average Bonchev–Trinajstić information content (AvgIpc) is 2.88. The van der Waals surface area contributed by atoms with E-state index in [-0.39, 0.29) is 17.9 Å². The van der Waals surface area contributed by atoms with Crippen LogP contribution in [-0.2, 0) is 16.0 Å². The second kappa shape index (κ2) is 12.1. The molecule has 2 aromatic rings. The minimum atomic E-state index is -0.498. The number of aryl methyl sites for hydroxylation is 2. The Bertz CT molecular complexity index is 1090. The van der Waals surface area contributed by atoms with Crippen LogP contribution in [0.3, 0.4) is 0 Å². The summed E-state index contributed by atoms with van der Waals surface area (Å²) in [6.07, 6.45) is 3.06. The summed E-state index contributed by atoms with van der Waals surface area (Å²) in [5, 5.41) is 11.2. The summed E-state index contributed by atoms with van der Waals surface area (Å²) in [6.45, 7) is 6.48. The standard InChI is InChI=1S/C29H36Cl2N2O4/c1-20-14-25(15-21(2)28(20)31)37-19-29(17-27(36)32-12-8-24(34)9-13-32)10-3-11-33(18-29)26(35)16-22-4-6-23(30)7-5-22/h4-7,14-15,24,34H,3,8-13,16-19H2,1-2H3/t29-/m1/s1. The lowest BCUT2D eigenvalue weighted by Crippen LogP contribution is -2.52. The summed E-state index contributed by atoms with van der Waals surface area (Å²) in [6, 6.07) is 11.2. The van der Waals surface area contributed by atoms with Gasteiger partial charge in [-0.1, -0.05) is 35.3 Å². The molecule has 0 spiro atoms. The Morgan fingerprint density at radius 3 is 2.30 bits per heavy atom. The molecule has 2 fully saturated rings. The lowest BCUT2D eigenvalue weighted by molar-refractivity contribution is -0.142. The number of ether oxygens (including phenoxy) is 1. The van der Waals surface area contributed by atoms with Crippen LogP contribution in [0.5, 0.6) is 5.75 Å². The molecule has 8 heteroatoms. The van der Waals surface area contributed by atoms with E-state index >= 15 is 0 Å². The van der Waals surface area contributed by atoms with Crippen molar-refractivity contribution < 1.29 is 19.4 Å². The van der Waals surface area contributed by atoms with Crippen LogP contribution >= 0.6 is 23.2 Å². The number of carbonyl (C=O) groups excluding carboxylic acids is 2. The second-order valence-corrected chi connectivity index (χ2v) is 11.5. The zero-order chi connectivity index (χ0) is 26.6. The number of nitrogens with zero attached hydrogens (tertiary/aromatic N) is 2. The molecule has 0 unspecified atom stereocenters. The summed E-state index contributed by atoms with van der Waals surface area (Å²) >= 11 is 12.3. The van der Waals surface area contributed by atoms with E-state index in [0.717, 1.165) is 40.3 Å². The number of aliphatic hydroxyl groups is 1. The summed E-state index contributed by atoms with van der Waals surface area (Å²) < 4.78 is 6.31. The number of amides is 2. The van der Waals surface area contributed by atoms with Crippen molar-refractivity contribution in [1.82, 2.24) is 9.80 Å². The number of rotatable bonds is 7. The molecule has 2 heterocycles. The molecular weight excluding hydrogens is 511 g/mol. The zero-order valence-corrected chi connectivity index (χ0v) is 23.2. The van der Waals surface area contributed by atoms with Crippen molar-refractivity contribution in [2.24, 2.45) is 5.41 Å². The molecule has 2 saturated heterocycles. The van der Waals surface area contributed by atoms with E-state index in [4.69, 9.17) is 27.9 Å². The Hall–Kier alpha value is -2.28. The molecule has 6 nitrogen and oxygen atoms in total. The van der Waals surface area contributed by atoms with Gasteiger partial charge in [-0.25, -0.2) is 0 Å². The number of aliphatic hydroxyl groups excluding tert-OH is 1. The molecular formula is C29H36Cl2N2O4. The summed E-state index contributed by atoms with van der Waals surface area (Å²) in [5.41, 5.74) is 2.30. The van der Waals surface area contributed by atoms with E-state index in [2.05, 4.69) is 0 Å². The largest absolute Gasteiger partial charge is 0.493 e. The van der Waals surface area contributed by atoms with Crippen molar-refractivity contribution in [3.8, 4) is 5.75 Å². The predicted octanol–water partition coefficient (Wildman–Crippen LogP) is 5.21. The van der Waals surface area contributed by atoms with Gasteiger partial charge in [0.1, 0.15) is 5.75 Å². The monoisotopic (exact) mass is 546 g/mol. The molecule has 2 aromatic carbocycles. The Labute approximate surface area is 229 Å². The van der Waals surface area contributed by atoms with Crippen LogP contribution in [0.1, 0.15) is 48.8 Å². The normalized spacial score (nSPS) is 20.7. The molecule has 0 radical (unpaired) electrons. The highest BCUT2D eigenvalue weighted by atomic mass is 35.5. The second-order valence-electron chi connectivity index (χ2n) is 10.7. The van der Waals surface area contributed by atoms with Crippen molar-refractivity contribution in [2.45, 2.75) is 58.5 Å². The maximum atomic E-state index is 13.4. The van der Waals surface area contributed by atoms with Gasteiger partial charge in [-0.05, 0) is 80.5 Å². The van der Waals surface area contributed by atoms with Gasteiger partial charge in [0.05, 0.1) is 19.1 Å². The first-order valence-electron chi connectivity index (χ1n) is 13.0. The number of benzene rings is 2. The van der Waals surface area contributed by atoms with Gasteiger partial charge in [0.15, 0.2) is 0 Å². The van der Waals surface area contributed by atoms with Crippen molar-refractivity contribution in [3.63, 3.8) is 0 Å². The molecule has 2 amide bonds. The van der Waals surface area contributed by atoms with E-state index in [1.165, 1.54) is 0 Å². The fourth-order valence-electron chi connectivity index (χ4n) is 5.40. The summed E-state index contributed by atoms with van der Waals surface area (Å²) in [4.78, 5) is 30.4. The molecule has 0 bridgehead atoms. The number of likely N-dealkylation sites (tertiary alicyclic amines) is 2. The van der Waals surface area contributed by atoms with Crippen molar-refractivity contribution >= 4 is 35.0 Å². The maximum Gasteiger partial charge on any atom is 0.227 e. The maximum absolute atomic E-state index is 13.4. The minimum absolute atomic E-state index is 0.0399. The van der Waals surface area contributed by atoms with E-state index in [1.807, 2.05) is 47.9 Å². The van der Waals surface area contributed by atoms with Gasteiger partial charge in [0.2, 0.25) is 11.8 Å². The van der Waals surface area contributed by atoms with E-state index < -0.39 is 5.41 Å². The fraction of sp³-hybridized carbons (Fsp3) is 0.517. The highest BCUT2D eigenvalue weighted by molar-refractivity contribution is 6.32. The molecule has 1 N–H and O–H groups in total. The Morgan fingerprint density at radius 2 is 1.65 bits per heavy atom. The third-order valence-electron chi connectivity index (χ3n) is 7.58. The lowest BCUT2D eigenvalue weighted by Gasteiger charge is -2.43. The van der Waals surface area contributed by atoms with Crippen LogP contribution in [-0.4, -0.2) is 65.6 Å². The average molecular weight is 548 g/mol. The minimum Gasteiger partial charge on any atom is -0.493 e. The third kappa shape index (κ3) is 7.18. The molecule has 37 heavy (non-hydrogen) atoms. The van der Waals surface area contributed by atoms with Gasteiger partial charge in [0.25, 0.3) is 0 Å². The van der Waals surface area contributed by atoms with E-state index in [1.54, 1.807) is 12.1 Å². The van der Waals surface area contributed by atoms with E-state index in [9.17, 15) is 14.7 Å². The fourth-order valence-corrected chi connectivity index (χ4v) is 5.63. The molecule has 0 aromatic heterocycles. The number of halogens is 2. The SMILES string of the molecule is Cc1cc(OC[C@@]2(CC(=O)N3CCC(O)CC3)CCCN(C(=O)Cc3ccc(Cl)cc3)C2)cc(C)c1Cl. The van der Waals surface area contributed by atoms with Gasteiger partial charge in [-0.15, -0.1) is 0 Å². The van der Waals surface area contributed by atoms with Crippen LogP contribution in [0.2, 0.25) is 10.0 Å². The first kappa shape index (κ1) is 27.7. The molecule has 2 aliphatic rings. The van der Waals surface area contributed by atoms with E-state index in [0.29, 0.717) is 63.5 Å². The Balaban J connectivity index is 1.51. The van der Waals surface area contributed by atoms with Crippen molar-refractivity contribution in [2.75, 3.05) is 32.8 Å². The molecule has 0 saturated carbocycles. The van der Waals surface area contributed by atoms with Crippen molar-refractivity contribution in [1.29, 1.82) is 0 Å².